The van der Waals surface area contributed by atoms with Crippen molar-refractivity contribution in [2.24, 2.45) is 0 Å². The third-order valence-corrected chi connectivity index (χ3v) is 3.58. The normalized spacial score (nSPS) is 16.9. The van der Waals surface area contributed by atoms with Gasteiger partial charge >= 0.3 is 0 Å². The third kappa shape index (κ3) is 7.83. The molecule has 106 valence electrons. The maximum atomic E-state index is 11.6. The smallest absolute Gasteiger partial charge is 0.158 e. The van der Waals surface area contributed by atoms with Gasteiger partial charge in [0.05, 0.1) is 6.10 Å². The summed E-state index contributed by atoms with van der Waals surface area (Å²) in [4.78, 5) is 11.6. The lowest BCUT2D eigenvalue weighted by atomic mass is 10.1. The van der Waals surface area contributed by atoms with Crippen molar-refractivity contribution in [1.29, 1.82) is 0 Å². The number of ether oxygens (including phenoxy) is 1. The van der Waals surface area contributed by atoms with Crippen LogP contribution in [0.25, 0.3) is 0 Å². The van der Waals surface area contributed by atoms with E-state index in [1.54, 1.807) is 0 Å². The second-order valence-electron chi connectivity index (χ2n) is 5.32. The summed E-state index contributed by atoms with van der Waals surface area (Å²) in [5, 5.41) is 3.30. The first-order chi connectivity index (χ1) is 8.83. The lowest BCUT2D eigenvalue weighted by molar-refractivity contribution is -0.126. The number of piperidine rings is 1. The zero-order chi connectivity index (χ0) is 13.1. The monoisotopic (exact) mass is 255 g/mol. The van der Waals surface area contributed by atoms with E-state index in [0.29, 0.717) is 19.1 Å². The van der Waals surface area contributed by atoms with Crippen LogP contribution in [0.1, 0.15) is 64.7 Å². The summed E-state index contributed by atoms with van der Waals surface area (Å²) in [7, 11) is 0. The number of nitrogens with one attached hydrogen (secondary N) is 1. The minimum atomic E-state index is 0.282. The summed E-state index contributed by atoms with van der Waals surface area (Å²) in [6.45, 7) is 4.61. The molecule has 3 nitrogen and oxygen atoms in total. The summed E-state index contributed by atoms with van der Waals surface area (Å²) < 4.78 is 5.65. The molecular formula is C15H29NO2. The van der Waals surface area contributed by atoms with Crippen molar-refractivity contribution < 1.29 is 9.53 Å². The maximum Gasteiger partial charge on any atom is 0.158 e. The molecule has 0 unspecified atom stereocenters. The Morgan fingerprint density at radius 2 is 1.78 bits per heavy atom. The molecule has 0 spiro atoms. The molecular weight excluding hydrogens is 226 g/mol. The molecule has 1 aliphatic rings. The van der Waals surface area contributed by atoms with E-state index in [2.05, 4.69) is 12.2 Å². The second kappa shape index (κ2) is 10.5. The van der Waals surface area contributed by atoms with E-state index in [0.717, 1.165) is 32.4 Å². The molecule has 3 heteroatoms. The van der Waals surface area contributed by atoms with Gasteiger partial charge in [0.15, 0.2) is 5.78 Å². The van der Waals surface area contributed by atoms with Crippen LogP contribution < -0.4 is 5.32 Å². The quantitative estimate of drug-likeness (QED) is 0.610. The Labute approximate surface area is 112 Å². The molecule has 0 aromatic carbocycles. The average Bonchev–Trinajstić information content (AvgIpc) is 2.41. The van der Waals surface area contributed by atoms with Crippen LogP contribution in [0, 0.1) is 0 Å². The van der Waals surface area contributed by atoms with E-state index in [4.69, 9.17) is 4.74 Å². The number of carbonyl (C=O) groups excluding carboxylic acids is 1. The molecule has 0 aromatic heterocycles. The molecule has 1 N–H and O–H groups in total. The first-order valence-electron chi connectivity index (χ1n) is 7.67. The summed E-state index contributed by atoms with van der Waals surface area (Å²) in [6, 6.07) is 0. The van der Waals surface area contributed by atoms with Gasteiger partial charge in [0.25, 0.3) is 0 Å². The molecule has 1 rings (SSSR count). The fourth-order valence-electron chi connectivity index (χ4n) is 2.35. The van der Waals surface area contributed by atoms with Crippen LogP contribution in [-0.4, -0.2) is 31.6 Å². The predicted octanol–water partition coefficient (Wildman–Crippen LogP) is 3.07. The van der Waals surface area contributed by atoms with Crippen molar-refractivity contribution in [3.8, 4) is 0 Å². The molecule has 18 heavy (non-hydrogen) atoms. The first-order valence-corrected chi connectivity index (χ1v) is 7.67. The highest BCUT2D eigenvalue weighted by atomic mass is 16.5. The minimum absolute atomic E-state index is 0.282. The van der Waals surface area contributed by atoms with Crippen LogP contribution in [0.3, 0.4) is 0 Å². The van der Waals surface area contributed by atoms with Crippen LogP contribution in [-0.2, 0) is 9.53 Å². The highest BCUT2D eigenvalue weighted by molar-refractivity contribution is 5.79. The Bertz CT molecular complexity index is 213. The van der Waals surface area contributed by atoms with Crippen molar-refractivity contribution >= 4 is 5.78 Å². The number of Topliss-reactive ketones (excluding diaryl/α,β-unsaturated/α-hetero) is 1. The molecule has 0 aliphatic carbocycles. The zero-order valence-corrected chi connectivity index (χ0v) is 11.9. The van der Waals surface area contributed by atoms with E-state index in [1.807, 2.05) is 0 Å². The first kappa shape index (κ1) is 15.6. The molecule has 0 radical (unpaired) electrons. The Balaban J connectivity index is 1.90. The summed E-state index contributed by atoms with van der Waals surface area (Å²) >= 11 is 0. The van der Waals surface area contributed by atoms with Gasteiger partial charge in [-0.15, -0.1) is 0 Å². The van der Waals surface area contributed by atoms with Crippen molar-refractivity contribution in [2.75, 3.05) is 19.7 Å². The van der Waals surface area contributed by atoms with Crippen molar-refractivity contribution in [3.63, 3.8) is 0 Å². The van der Waals surface area contributed by atoms with E-state index in [9.17, 15) is 4.79 Å². The van der Waals surface area contributed by atoms with Crippen molar-refractivity contribution in [1.82, 2.24) is 5.32 Å². The van der Waals surface area contributed by atoms with Gasteiger partial charge in [-0.05, 0) is 32.4 Å². The molecule has 0 atom stereocenters. The number of hydrogen-bond donors (Lipinski definition) is 1. The number of hydrogen-bond acceptors (Lipinski definition) is 3. The fraction of sp³-hybridized carbons (Fsp3) is 0.933. The molecule has 1 fully saturated rings. The molecule has 0 saturated carbocycles. The number of carbonyl (C=O) groups is 1. The Morgan fingerprint density at radius 1 is 1.11 bits per heavy atom. The molecule has 1 saturated heterocycles. The molecule has 0 amide bonds. The van der Waals surface area contributed by atoms with E-state index < -0.39 is 0 Å². The van der Waals surface area contributed by atoms with Crippen LogP contribution in [0.4, 0.5) is 0 Å². The van der Waals surface area contributed by atoms with E-state index in [1.165, 1.54) is 32.1 Å². The van der Waals surface area contributed by atoms with E-state index >= 15 is 0 Å². The van der Waals surface area contributed by atoms with Gasteiger partial charge in [-0.2, -0.15) is 0 Å². The van der Waals surface area contributed by atoms with Gasteiger partial charge in [0.1, 0.15) is 6.61 Å². The number of ketones is 1. The van der Waals surface area contributed by atoms with Gasteiger partial charge in [-0.3, -0.25) is 4.79 Å². The lowest BCUT2D eigenvalue weighted by Crippen LogP contribution is -2.33. The van der Waals surface area contributed by atoms with Gasteiger partial charge < -0.3 is 10.1 Å². The predicted molar refractivity (Wildman–Crippen MR) is 74.8 cm³/mol. The highest BCUT2D eigenvalue weighted by Crippen LogP contribution is 2.09. The highest BCUT2D eigenvalue weighted by Gasteiger charge is 2.14. The summed E-state index contributed by atoms with van der Waals surface area (Å²) in [6.07, 6.45) is 10.5. The Kier molecular flexibility index (Phi) is 9.13. The second-order valence-corrected chi connectivity index (χ2v) is 5.32. The van der Waals surface area contributed by atoms with Crippen LogP contribution in [0.15, 0.2) is 0 Å². The largest absolute Gasteiger partial charge is 0.370 e. The SMILES string of the molecule is CCCCCCCCC(=O)COC1CCNCC1. The van der Waals surface area contributed by atoms with Gasteiger partial charge in [-0.25, -0.2) is 0 Å². The number of unbranched alkanes of at least 4 members (excludes halogenated alkanes) is 5. The fourth-order valence-corrected chi connectivity index (χ4v) is 2.35. The topological polar surface area (TPSA) is 38.3 Å². The summed E-state index contributed by atoms with van der Waals surface area (Å²) in [5.41, 5.74) is 0. The van der Waals surface area contributed by atoms with Crippen molar-refractivity contribution in [3.05, 3.63) is 0 Å². The zero-order valence-electron chi connectivity index (χ0n) is 11.9. The summed E-state index contributed by atoms with van der Waals surface area (Å²) in [5.74, 6) is 0.282. The molecule has 0 bridgehead atoms. The van der Waals surface area contributed by atoms with Crippen LogP contribution >= 0.6 is 0 Å². The standard InChI is InChI=1S/C15H29NO2/c1-2-3-4-5-6-7-8-14(17)13-18-15-9-11-16-12-10-15/h15-16H,2-13H2,1H3. The average molecular weight is 255 g/mol. The molecule has 1 heterocycles. The van der Waals surface area contributed by atoms with Gasteiger partial charge in [0, 0.05) is 6.42 Å². The molecule has 0 aromatic rings. The Hall–Kier alpha value is -0.410. The Morgan fingerprint density at radius 3 is 2.50 bits per heavy atom. The molecule has 1 aliphatic heterocycles. The van der Waals surface area contributed by atoms with E-state index in [-0.39, 0.29) is 5.78 Å². The number of rotatable bonds is 10. The maximum absolute atomic E-state index is 11.6. The van der Waals surface area contributed by atoms with Crippen LogP contribution in [0.5, 0.6) is 0 Å². The lowest BCUT2D eigenvalue weighted by Gasteiger charge is -2.22. The third-order valence-electron chi connectivity index (χ3n) is 3.58. The van der Waals surface area contributed by atoms with Crippen LogP contribution in [0.2, 0.25) is 0 Å². The van der Waals surface area contributed by atoms with Crippen molar-refractivity contribution in [2.45, 2.75) is 70.8 Å². The van der Waals surface area contributed by atoms with Gasteiger partial charge in [-0.1, -0.05) is 39.0 Å². The minimum Gasteiger partial charge on any atom is -0.370 e. The van der Waals surface area contributed by atoms with Gasteiger partial charge in [0.2, 0.25) is 0 Å².